The van der Waals surface area contributed by atoms with Crippen LogP contribution in [0.15, 0.2) is 0 Å². The maximum absolute atomic E-state index is 5.32. The van der Waals surface area contributed by atoms with Crippen molar-refractivity contribution >= 4 is 12.4 Å². The summed E-state index contributed by atoms with van der Waals surface area (Å²) in [6.45, 7) is 1.83. The lowest BCUT2D eigenvalue weighted by atomic mass is 10.2. The van der Waals surface area contributed by atoms with Gasteiger partial charge < -0.3 is 15.2 Å². The van der Waals surface area contributed by atoms with E-state index in [0.29, 0.717) is 13.3 Å². The highest BCUT2D eigenvalue weighted by atomic mass is 35.5. The number of hydrogen-bond acceptors (Lipinski definition) is 3. The topological polar surface area (TPSA) is 44.5 Å². The number of rotatable bonds is 1. The summed E-state index contributed by atoms with van der Waals surface area (Å²) in [5.41, 5.74) is 5.32. The van der Waals surface area contributed by atoms with Crippen LogP contribution in [0, 0.1) is 0 Å². The van der Waals surface area contributed by atoms with E-state index in [1.165, 1.54) is 0 Å². The molecule has 4 heteroatoms. The highest BCUT2D eigenvalue weighted by Gasteiger charge is 2.10. The zero-order valence-electron chi connectivity index (χ0n) is 5.21. The smallest absolute Gasteiger partial charge is 0.147 e. The Labute approximate surface area is 60.9 Å². The minimum Gasteiger partial charge on any atom is -0.355 e. The standard InChI is InChI=1S/C5H11NO2.ClH/c6-3-5-1-2-7-4-8-5;/h5H,1-4,6H2;1H. The lowest BCUT2D eigenvalue weighted by molar-refractivity contribution is -0.135. The van der Waals surface area contributed by atoms with Crippen molar-refractivity contribution in [2.24, 2.45) is 5.73 Å². The van der Waals surface area contributed by atoms with Crippen LogP contribution in [0.2, 0.25) is 0 Å². The molecule has 0 aliphatic carbocycles. The summed E-state index contributed by atoms with van der Waals surface area (Å²) in [4.78, 5) is 0. The maximum atomic E-state index is 5.32. The first-order valence-corrected chi connectivity index (χ1v) is 2.83. The molecule has 0 radical (unpaired) electrons. The third kappa shape index (κ3) is 3.01. The summed E-state index contributed by atoms with van der Waals surface area (Å²) in [5.74, 6) is 0. The third-order valence-electron chi connectivity index (χ3n) is 1.23. The Morgan fingerprint density at radius 1 is 1.56 bits per heavy atom. The predicted octanol–water partition coefficient (Wildman–Crippen LogP) is 0.130. The van der Waals surface area contributed by atoms with E-state index in [1.54, 1.807) is 0 Å². The fraction of sp³-hybridized carbons (Fsp3) is 1.00. The van der Waals surface area contributed by atoms with Gasteiger partial charge in [0.2, 0.25) is 0 Å². The maximum Gasteiger partial charge on any atom is 0.147 e. The molecule has 1 fully saturated rings. The van der Waals surface area contributed by atoms with Crippen LogP contribution < -0.4 is 5.73 Å². The van der Waals surface area contributed by atoms with Gasteiger partial charge in [0, 0.05) is 6.54 Å². The fourth-order valence-corrected chi connectivity index (χ4v) is 0.687. The summed E-state index contributed by atoms with van der Waals surface area (Å²) >= 11 is 0. The van der Waals surface area contributed by atoms with Crippen LogP contribution in [0.5, 0.6) is 0 Å². The van der Waals surface area contributed by atoms with Crippen molar-refractivity contribution in [3.63, 3.8) is 0 Å². The second kappa shape index (κ2) is 4.99. The van der Waals surface area contributed by atoms with E-state index in [-0.39, 0.29) is 18.5 Å². The van der Waals surface area contributed by atoms with E-state index in [2.05, 4.69) is 0 Å². The van der Waals surface area contributed by atoms with E-state index in [4.69, 9.17) is 15.2 Å². The largest absolute Gasteiger partial charge is 0.355 e. The Balaban J connectivity index is 0.000000640. The lowest BCUT2D eigenvalue weighted by Crippen LogP contribution is -2.30. The summed E-state index contributed by atoms with van der Waals surface area (Å²) in [6.07, 6.45) is 1.18. The van der Waals surface area contributed by atoms with Gasteiger partial charge in [0.05, 0.1) is 12.7 Å². The molecule has 0 saturated carbocycles. The highest BCUT2D eigenvalue weighted by Crippen LogP contribution is 2.02. The van der Waals surface area contributed by atoms with Crippen molar-refractivity contribution in [3.8, 4) is 0 Å². The van der Waals surface area contributed by atoms with E-state index < -0.39 is 0 Å². The zero-order chi connectivity index (χ0) is 5.82. The van der Waals surface area contributed by atoms with Crippen molar-refractivity contribution in [1.82, 2.24) is 0 Å². The first-order chi connectivity index (χ1) is 3.93. The van der Waals surface area contributed by atoms with Gasteiger partial charge in [-0.05, 0) is 6.42 Å². The molecule has 56 valence electrons. The van der Waals surface area contributed by atoms with Gasteiger partial charge in [-0.1, -0.05) is 0 Å². The van der Waals surface area contributed by atoms with Crippen LogP contribution >= 0.6 is 12.4 Å². The molecule has 2 N–H and O–H groups in total. The Morgan fingerprint density at radius 2 is 2.33 bits per heavy atom. The number of ether oxygens (including phenoxy) is 2. The molecule has 1 aliphatic rings. The number of halogens is 1. The fourth-order valence-electron chi connectivity index (χ4n) is 0.687. The van der Waals surface area contributed by atoms with Crippen LogP contribution in [0.1, 0.15) is 6.42 Å². The molecule has 0 amide bonds. The van der Waals surface area contributed by atoms with Crippen LogP contribution in [0.4, 0.5) is 0 Å². The van der Waals surface area contributed by atoms with Crippen molar-refractivity contribution in [1.29, 1.82) is 0 Å². The molecule has 1 heterocycles. The Morgan fingerprint density at radius 3 is 2.67 bits per heavy atom. The second-order valence-corrected chi connectivity index (χ2v) is 1.84. The van der Waals surface area contributed by atoms with E-state index in [1.807, 2.05) is 0 Å². The summed E-state index contributed by atoms with van der Waals surface area (Å²) in [7, 11) is 0. The summed E-state index contributed by atoms with van der Waals surface area (Å²) < 4.78 is 10.0. The Hall–Kier alpha value is 0.170. The molecular formula is C5H12ClNO2. The second-order valence-electron chi connectivity index (χ2n) is 1.84. The van der Waals surface area contributed by atoms with Crippen molar-refractivity contribution in [2.75, 3.05) is 19.9 Å². The van der Waals surface area contributed by atoms with Gasteiger partial charge >= 0.3 is 0 Å². The molecule has 0 aromatic rings. The first-order valence-electron chi connectivity index (χ1n) is 2.83. The monoisotopic (exact) mass is 153 g/mol. The van der Waals surface area contributed by atoms with Gasteiger partial charge in [0.1, 0.15) is 6.79 Å². The molecule has 1 aliphatic heterocycles. The normalized spacial score (nSPS) is 27.0. The molecule has 0 aromatic carbocycles. The zero-order valence-corrected chi connectivity index (χ0v) is 6.02. The number of nitrogens with two attached hydrogens (primary N) is 1. The van der Waals surface area contributed by atoms with Gasteiger partial charge in [-0.2, -0.15) is 0 Å². The molecule has 1 unspecified atom stereocenters. The minimum absolute atomic E-state index is 0. The predicted molar refractivity (Wildman–Crippen MR) is 36.6 cm³/mol. The SMILES string of the molecule is Cl.NCC1CCOCO1. The molecule has 1 atom stereocenters. The highest BCUT2D eigenvalue weighted by molar-refractivity contribution is 5.85. The average molecular weight is 154 g/mol. The average Bonchev–Trinajstić information content (AvgIpc) is 1.90. The number of hydrogen-bond donors (Lipinski definition) is 1. The summed E-state index contributed by atoms with van der Waals surface area (Å²) in [6, 6.07) is 0. The van der Waals surface area contributed by atoms with Gasteiger partial charge in [-0.3, -0.25) is 0 Å². The van der Waals surface area contributed by atoms with Crippen LogP contribution in [-0.4, -0.2) is 26.0 Å². The van der Waals surface area contributed by atoms with Crippen LogP contribution in [-0.2, 0) is 9.47 Å². The lowest BCUT2D eigenvalue weighted by Gasteiger charge is -2.20. The van der Waals surface area contributed by atoms with Gasteiger partial charge in [0.25, 0.3) is 0 Å². The molecule has 0 aromatic heterocycles. The van der Waals surface area contributed by atoms with E-state index in [9.17, 15) is 0 Å². The molecule has 3 nitrogen and oxygen atoms in total. The quantitative estimate of drug-likeness (QED) is 0.583. The van der Waals surface area contributed by atoms with Crippen LogP contribution in [0.3, 0.4) is 0 Å². The molecular weight excluding hydrogens is 142 g/mol. The van der Waals surface area contributed by atoms with Gasteiger partial charge in [-0.25, -0.2) is 0 Å². The van der Waals surface area contributed by atoms with Gasteiger partial charge in [0.15, 0.2) is 0 Å². The van der Waals surface area contributed by atoms with Crippen LogP contribution in [0.25, 0.3) is 0 Å². The van der Waals surface area contributed by atoms with E-state index in [0.717, 1.165) is 13.0 Å². The molecule has 9 heavy (non-hydrogen) atoms. The molecule has 0 spiro atoms. The summed E-state index contributed by atoms with van der Waals surface area (Å²) in [5, 5.41) is 0. The first kappa shape index (κ1) is 9.17. The van der Waals surface area contributed by atoms with E-state index >= 15 is 0 Å². The Kier molecular flexibility index (Phi) is 5.09. The van der Waals surface area contributed by atoms with Crippen molar-refractivity contribution in [3.05, 3.63) is 0 Å². The Bertz CT molecular complexity index is 66.0. The molecule has 0 bridgehead atoms. The molecule has 1 rings (SSSR count). The minimum atomic E-state index is 0. The van der Waals surface area contributed by atoms with Gasteiger partial charge in [-0.15, -0.1) is 12.4 Å². The molecule has 1 saturated heterocycles. The third-order valence-corrected chi connectivity index (χ3v) is 1.23. The van der Waals surface area contributed by atoms with Crippen molar-refractivity contribution < 1.29 is 9.47 Å². The van der Waals surface area contributed by atoms with Crippen molar-refractivity contribution in [2.45, 2.75) is 12.5 Å².